The van der Waals surface area contributed by atoms with Gasteiger partial charge in [-0.15, -0.1) is 11.3 Å². The predicted molar refractivity (Wildman–Crippen MR) is 77.1 cm³/mol. The van der Waals surface area contributed by atoms with E-state index in [0.717, 1.165) is 16.1 Å². The van der Waals surface area contributed by atoms with Crippen molar-refractivity contribution in [1.82, 2.24) is 10.3 Å². The Balaban J connectivity index is 2.08. The van der Waals surface area contributed by atoms with Crippen LogP contribution in [0.5, 0.6) is 0 Å². The highest BCUT2D eigenvalue weighted by Gasteiger charge is 2.15. The maximum atomic E-state index is 12.1. The fourth-order valence-corrected chi connectivity index (χ4v) is 2.58. The van der Waals surface area contributed by atoms with Gasteiger partial charge in [0.2, 0.25) is 0 Å². The molecular formula is C14H17N3OS. The minimum absolute atomic E-state index is 0.0447. The number of nitrogens with two attached hydrogens (primary N) is 1. The van der Waals surface area contributed by atoms with Gasteiger partial charge in [-0.2, -0.15) is 0 Å². The van der Waals surface area contributed by atoms with E-state index in [4.69, 9.17) is 5.73 Å². The van der Waals surface area contributed by atoms with E-state index < -0.39 is 0 Å². The molecule has 3 N–H and O–H groups in total. The normalized spacial score (nSPS) is 12.2. The first-order chi connectivity index (χ1) is 9.11. The number of carbonyl (C=O) groups is 1. The second kappa shape index (κ2) is 5.95. The lowest BCUT2D eigenvalue weighted by molar-refractivity contribution is 0.0935. The molecule has 4 nitrogen and oxygen atoms in total. The number of thiazole rings is 1. The van der Waals surface area contributed by atoms with Crippen molar-refractivity contribution in [2.24, 2.45) is 5.73 Å². The first-order valence-electron chi connectivity index (χ1n) is 6.12. The lowest BCUT2D eigenvalue weighted by Gasteiger charge is -2.15. The zero-order valence-electron chi connectivity index (χ0n) is 11.0. The standard InChI is InChI=1S/C14H17N3OS/c1-9-5-3-4-6-11(9)10(2)16-14(18)12-8-19-13(7-15)17-12/h3-6,8,10H,7,15H2,1-2H3,(H,16,18)/t10-/m0/s1. The molecular weight excluding hydrogens is 258 g/mol. The van der Waals surface area contributed by atoms with Crippen LogP contribution in [0, 0.1) is 6.92 Å². The number of carbonyl (C=O) groups excluding carboxylic acids is 1. The monoisotopic (exact) mass is 275 g/mol. The van der Waals surface area contributed by atoms with E-state index >= 15 is 0 Å². The van der Waals surface area contributed by atoms with Gasteiger partial charge in [0.1, 0.15) is 10.7 Å². The first-order valence-corrected chi connectivity index (χ1v) is 7.00. The van der Waals surface area contributed by atoms with Gasteiger partial charge in [-0.1, -0.05) is 24.3 Å². The van der Waals surface area contributed by atoms with E-state index in [2.05, 4.69) is 10.3 Å². The van der Waals surface area contributed by atoms with Crippen molar-refractivity contribution in [2.75, 3.05) is 0 Å². The van der Waals surface area contributed by atoms with E-state index in [-0.39, 0.29) is 11.9 Å². The van der Waals surface area contributed by atoms with E-state index in [0.29, 0.717) is 12.2 Å². The zero-order chi connectivity index (χ0) is 13.8. The van der Waals surface area contributed by atoms with Crippen LogP contribution in [-0.2, 0) is 6.54 Å². The summed E-state index contributed by atoms with van der Waals surface area (Å²) >= 11 is 1.41. The predicted octanol–water partition coefficient (Wildman–Crippen LogP) is 2.40. The summed E-state index contributed by atoms with van der Waals surface area (Å²) in [6.45, 7) is 4.37. The average Bonchev–Trinajstić information content (AvgIpc) is 2.88. The number of aryl methyl sites for hydroxylation is 1. The third-order valence-electron chi connectivity index (χ3n) is 2.96. The molecule has 1 aromatic carbocycles. The molecule has 1 atom stereocenters. The van der Waals surface area contributed by atoms with Crippen molar-refractivity contribution in [3.63, 3.8) is 0 Å². The molecule has 5 heteroatoms. The maximum Gasteiger partial charge on any atom is 0.271 e. The van der Waals surface area contributed by atoms with Gasteiger partial charge < -0.3 is 11.1 Å². The molecule has 0 bridgehead atoms. The lowest BCUT2D eigenvalue weighted by atomic mass is 10.0. The Morgan fingerprint density at radius 2 is 2.21 bits per heavy atom. The van der Waals surface area contributed by atoms with Crippen LogP contribution in [-0.4, -0.2) is 10.9 Å². The van der Waals surface area contributed by atoms with E-state index in [1.165, 1.54) is 11.3 Å². The Morgan fingerprint density at radius 3 is 2.84 bits per heavy atom. The highest BCUT2D eigenvalue weighted by molar-refractivity contribution is 7.09. The largest absolute Gasteiger partial charge is 0.344 e. The highest BCUT2D eigenvalue weighted by Crippen LogP contribution is 2.17. The van der Waals surface area contributed by atoms with Crippen molar-refractivity contribution in [3.05, 3.63) is 51.5 Å². The summed E-state index contributed by atoms with van der Waals surface area (Å²) in [5.41, 5.74) is 8.21. The summed E-state index contributed by atoms with van der Waals surface area (Å²) < 4.78 is 0. The number of nitrogens with one attached hydrogen (secondary N) is 1. The summed E-state index contributed by atoms with van der Waals surface area (Å²) in [6.07, 6.45) is 0. The summed E-state index contributed by atoms with van der Waals surface area (Å²) in [4.78, 5) is 16.2. The Labute approximate surface area is 116 Å². The molecule has 0 fully saturated rings. The second-order valence-electron chi connectivity index (χ2n) is 4.38. The lowest BCUT2D eigenvalue weighted by Crippen LogP contribution is -2.27. The average molecular weight is 275 g/mol. The topological polar surface area (TPSA) is 68.0 Å². The molecule has 100 valence electrons. The van der Waals surface area contributed by atoms with E-state index in [1.54, 1.807) is 5.38 Å². The molecule has 2 rings (SSSR count). The first kappa shape index (κ1) is 13.7. The SMILES string of the molecule is Cc1ccccc1[C@H](C)NC(=O)c1csc(CN)n1. The van der Waals surface area contributed by atoms with Crippen LogP contribution in [0.15, 0.2) is 29.6 Å². The van der Waals surface area contributed by atoms with Crippen molar-refractivity contribution in [2.45, 2.75) is 26.4 Å². The highest BCUT2D eigenvalue weighted by atomic mass is 32.1. The van der Waals surface area contributed by atoms with Gasteiger partial charge in [0.15, 0.2) is 0 Å². The molecule has 2 aromatic rings. The molecule has 0 spiro atoms. The molecule has 0 aliphatic heterocycles. The van der Waals surface area contributed by atoms with Gasteiger partial charge in [-0.25, -0.2) is 4.98 Å². The Hall–Kier alpha value is -1.72. The minimum Gasteiger partial charge on any atom is -0.344 e. The third-order valence-corrected chi connectivity index (χ3v) is 3.83. The number of nitrogens with zero attached hydrogens (tertiary/aromatic N) is 1. The van der Waals surface area contributed by atoms with Gasteiger partial charge in [0.25, 0.3) is 5.91 Å². The summed E-state index contributed by atoms with van der Waals surface area (Å²) in [6, 6.07) is 7.97. The van der Waals surface area contributed by atoms with Crippen molar-refractivity contribution in [1.29, 1.82) is 0 Å². The van der Waals surface area contributed by atoms with Crippen LogP contribution in [0.25, 0.3) is 0 Å². The summed E-state index contributed by atoms with van der Waals surface area (Å²) in [7, 11) is 0. The fraction of sp³-hybridized carbons (Fsp3) is 0.286. The van der Waals surface area contributed by atoms with Crippen LogP contribution < -0.4 is 11.1 Å². The van der Waals surface area contributed by atoms with Crippen molar-refractivity contribution >= 4 is 17.2 Å². The number of amides is 1. The molecule has 0 radical (unpaired) electrons. The second-order valence-corrected chi connectivity index (χ2v) is 5.33. The van der Waals surface area contributed by atoms with Crippen LogP contribution in [0.2, 0.25) is 0 Å². The molecule has 0 saturated heterocycles. The molecule has 0 saturated carbocycles. The van der Waals surface area contributed by atoms with Gasteiger partial charge in [0.05, 0.1) is 6.04 Å². The molecule has 0 aliphatic rings. The van der Waals surface area contributed by atoms with Crippen molar-refractivity contribution < 1.29 is 4.79 Å². The van der Waals surface area contributed by atoms with Gasteiger partial charge >= 0.3 is 0 Å². The number of hydrogen-bond acceptors (Lipinski definition) is 4. The summed E-state index contributed by atoms with van der Waals surface area (Å²) in [5.74, 6) is -0.160. The fourth-order valence-electron chi connectivity index (χ4n) is 1.93. The van der Waals surface area contributed by atoms with Crippen LogP contribution in [0.3, 0.4) is 0 Å². The quantitative estimate of drug-likeness (QED) is 0.900. The van der Waals surface area contributed by atoms with E-state index in [1.807, 2.05) is 38.1 Å². The Bertz CT molecular complexity index is 580. The molecule has 1 heterocycles. The smallest absolute Gasteiger partial charge is 0.271 e. The third kappa shape index (κ3) is 3.19. The molecule has 1 aromatic heterocycles. The maximum absolute atomic E-state index is 12.1. The van der Waals surface area contributed by atoms with Gasteiger partial charge in [0, 0.05) is 11.9 Å². The van der Waals surface area contributed by atoms with Crippen LogP contribution in [0.4, 0.5) is 0 Å². The van der Waals surface area contributed by atoms with Crippen molar-refractivity contribution in [3.8, 4) is 0 Å². The van der Waals surface area contributed by atoms with Gasteiger partial charge in [-0.3, -0.25) is 4.79 Å². The number of hydrogen-bond donors (Lipinski definition) is 2. The number of benzene rings is 1. The van der Waals surface area contributed by atoms with Gasteiger partial charge in [-0.05, 0) is 25.0 Å². The number of aromatic nitrogens is 1. The molecule has 19 heavy (non-hydrogen) atoms. The van der Waals surface area contributed by atoms with Crippen LogP contribution in [0.1, 0.15) is 39.6 Å². The Morgan fingerprint density at radius 1 is 1.47 bits per heavy atom. The zero-order valence-corrected chi connectivity index (χ0v) is 11.8. The minimum atomic E-state index is -0.160. The number of rotatable bonds is 4. The van der Waals surface area contributed by atoms with E-state index in [9.17, 15) is 4.79 Å². The van der Waals surface area contributed by atoms with Crippen LogP contribution >= 0.6 is 11.3 Å². The summed E-state index contributed by atoms with van der Waals surface area (Å²) in [5, 5.41) is 5.47. The molecule has 1 amide bonds. The Kier molecular flexibility index (Phi) is 4.29. The molecule has 0 aliphatic carbocycles. The molecule has 0 unspecified atom stereocenters.